The first kappa shape index (κ1) is 17.6. The maximum Gasteiger partial charge on any atom is 0.289 e. The van der Waals surface area contributed by atoms with Crippen molar-refractivity contribution in [1.82, 2.24) is 10.2 Å². The molecule has 4 rings (SSSR count). The fourth-order valence-corrected chi connectivity index (χ4v) is 4.17. The zero-order valence-corrected chi connectivity index (χ0v) is 15.5. The first-order valence-electron chi connectivity index (χ1n) is 9.83. The Labute approximate surface area is 154 Å². The zero-order valence-electron chi connectivity index (χ0n) is 15.5. The summed E-state index contributed by atoms with van der Waals surface area (Å²) in [6, 6.07) is 3.55. The number of hydrogen-bond donors (Lipinski definition) is 1. The standard InChI is InChI=1S/C20H28N2O4/c1-14-4-7-17(25-14)19(24)22-10-9-20(13-22)8-2-3-16(26-20)12-21-18(23)11-15-5-6-15/h4,7,15-16H,2-3,5-6,8-13H2,1H3,(H,21,23)/t16-,20-/m1/s1. The Morgan fingerprint density at radius 2 is 2.12 bits per heavy atom. The van der Waals surface area contributed by atoms with Gasteiger partial charge in [-0.2, -0.15) is 0 Å². The number of nitrogens with zero attached hydrogens (tertiary/aromatic N) is 1. The van der Waals surface area contributed by atoms with E-state index in [2.05, 4.69) is 5.32 Å². The average molecular weight is 360 g/mol. The first-order valence-corrected chi connectivity index (χ1v) is 9.83. The van der Waals surface area contributed by atoms with E-state index in [0.29, 0.717) is 37.7 Å². The summed E-state index contributed by atoms with van der Waals surface area (Å²) in [4.78, 5) is 26.4. The lowest BCUT2D eigenvalue weighted by Crippen LogP contribution is -2.47. The summed E-state index contributed by atoms with van der Waals surface area (Å²) in [7, 11) is 0. The molecule has 3 heterocycles. The van der Waals surface area contributed by atoms with Gasteiger partial charge in [0.2, 0.25) is 5.91 Å². The fraction of sp³-hybridized carbons (Fsp3) is 0.700. The van der Waals surface area contributed by atoms with Crippen molar-refractivity contribution in [2.24, 2.45) is 5.92 Å². The molecule has 1 aliphatic carbocycles. The monoisotopic (exact) mass is 360 g/mol. The Morgan fingerprint density at radius 1 is 1.27 bits per heavy atom. The molecular formula is C20H28N2O4. The molecule has 3 fully saturated rings. The lowest BCUT2D eigenvalue weighted by molar-refractivity contribution is -0.130. The average Bonchev–Trinajstić information content (AvgIpc) is 3.18. The van der Waals surface area contributed by atoms with Crippen molar-refractivity contribution < 1.29 is 18.7 Å². The highest BCUT2D eigenvalue weighted by molar-refractivity contribution is 5.91. The van der Waals surface area contributed by atoms with Gasteiger partial charge in [-0.15, -0.1) is 0 Å². The second-order valence-corrected chi connectivity index (χ2v) is 8.15. The highest BCUT2D eigenvalue weighted by atomic mass is 16.5. The number of ether oxygens (including phenoxy) is 1. The summed E-state index contributed by atoms with van der Waals surface area (Å²) < 4.78 is 11.9. The van der Waals surface area contributed by atoms with Crippen molar-refractivity contribution >= 4 is 11.8 Å². The predicted molar refractivity (Wildman–Crippen MR) is 95.8 cm³/mol. The first-order chi connectivity index (χ1) is 12.5. The van der Waals surface area contributed by atoms with E-state index in [9.17, 15) is 9.59 Å². The summed E-state index contributed by atoms with van der Waals surface area (Å²) in [6.07, 6.45) is 6.95. The van der Waals surface area contributed by atoms with Crippen molar-refractivity contribution in [1.29, 1.82) is 0 Å². The van der Waals surface area contributed by atoms with Gasteiger partial charge < -0.3 is 19.4 Å². The third kappa shape index (κ3) is 3.95. The minimum absolute atomic E-state index is 0.0489. The molecule has 1 spiro atoms. The van der Waals surface area contributed by atoms with Gasteiger partial charge in [-0.1, -0.05) is 0 Å². The molecule has 1 aromatic rings. The van der Waals surface area contributed by atoms with Crippen molar-refractivity contribution in [2.75, 3.05) is 19.6 Å². The van der Waals surface area contributed by atoms with Crippen LogP contribution in [0.5, 0.6) is 0 Å². The smallest absolute Gasteiger partial charge is 0.289 e. The molecule has 142 valence electrons. The molecule has 2 amide bonds. The SMILES string of the molecule is Cc1ccc(C(=O)N2CC[C@]3(CCC[C@H](CNC(=O)CC4CC4)O3)C2)o1. The maximum atomic E-state index is 12.6. The summed E-state index contributed by atoms with van der Waals surface area (Å²) in [5.41, 5.74) is -0.262. The Kier molecular flexibility index (Phi) is 4.78. The largest absolute Gasteiger partial charge is 0.456 e. The summed E-state index contributed by atoms with van der Waals surface area (Å²) >= 11 is 0. The number of aryl methyl sites for hydroxylation is 1. The van der Waals surface area contributed by atoms with Gasteiger partial charge in [0.15, 0.2) is 5.76 Å². The number of amides is 2. The Morgan fingerprint density at radius 3 is 2.85 bits per heavy atom. The topological polar surface area (TPSA) is 71.8 Å². The van der Waals surface area contributed by atoms with Crippen LogP contribution in [0.25, 0.3) is 0 Å². The molecule has 1 aromatic heterocycles. The summed E-state index contributed by atoms with van der Waals surface area (Å²) in [5.74, 6) is 1.84. The quantitative estimate of drug-likeness (QED) is 0.876. The van der Waals surface area contributed by atoms with Crippen LogP contribution in [0.2, 0.25) is 0 Å². The van der Waals surface area contributed by atoms with E-state index in [1.807, 2.05) is 17.9 Å². The Balaban J connectivity index is 1.30. The van der Waals surface area contributed by atoms with Gasteiger partial charge in [0.05, 0.1) is 18.2 Å². The van der Waals surface area contributed by atoms with E-state index in [1.54, 1.807) is 6.07 Å². The van der Waals surface area contributed by atoms with Crippen LogP contribution in [0.4, 0.5) is 0 Å². The van der Waals surface area contributed by atoms with Crippen LogP contribution in [0.1, 0.15) is 61.3 Å². The number of carbonyl (C=O) groups is 2. The lowest BCUT2D eigenvalue weighted by atomic mass is 9.90. The number of carbonyl (C=O) groups excluding carboxylic acids is 2. The molecule has 2 saturated heterocycles. The van der Waals surface area contributed by atoms with Crippen LogP contribution in [0.3, 0.4) is 0 Å². The van der Waals surface area contributed by atoms with E-state index in [0.717, 1.165) is 31.4 Å². The van der Waals surface area contributed by atoms with E-state index in [1.165, 1.54) is 12.8 Å². The molecule has 2 atom stereocenters. The molecule has 0 radical (unpaired) electrons. The molecule has 0 unspecified atom stereocenters. The Hall–Kier alpha value is -1.82. The van der Waals surface area contributed by atoms with Crippen LogP contribution < -0.4 is 5.32 Å². The fourth-order valence-electron chi connectivity index (χ4n) is 4.17. The van der Waals surface area contributed by atoms with E-state index >= 15 is 0 Å². The zero-order chi connectivity index (χ0) is 18.1. The molecule has 2 aliphatic heterocycles. The lowest BCUT2D eigenvalue weighted by Gasteiger charge is -2.38. The van der Waals surface area contributed by atoms with Gasteiger partial charge >= 0.3 is 0 Å². The molecule has 6 heteroatoms. The van der Waals surface area contributed by atoms with Crippen molar-refractivity contribution in [3.8, 4) is 0 Å². The molecular weight excluding hydrogens is 332 g/mol. The van der Waals surface area contributed by atoms with Gasteiger partial charge in [-0.05, 0) is 63.5 Å². The van der Waals surface area contributed by atoms with Crippen molar-refractivity contribution in [3.05, 3.63) is 23.7 Å². The molecule has 26 heavy (non-hydrogen) atoms. The number of furan rings is 1. The number of nitrogens with one attached hydrogen (secondary N) is 1. The third-order valence-corrected chi connectivity index (χ3v) is 5.83. The van der Waals surface area contributed by atoms with Gasteiger partial charge in [0.25, 0.3) is 5.91 Å². The highest BCUT2D eigenvalue weighted by Crippen LogP contribution is 2.37. The number of rotatable bonds is 5. The molecule has 0 aromatic carbocycles. The second kappa shape index (κ2) is 7.06. The van der Waals surface area contributed by atoms with Crippen molar-refractivity contribution in [3.63, 3.8) is 0 Å². The normalized spacial score (nSPS) is 28.5. The predicted octanol–water partition coefficient (Wildman–Crippen LogP) is 2.66. The molecule has 1 N–H and O–H groups in total. The molecule has 3 aliphatic rings. The van der Waals surface area contributed by atoms with E-state index in [-0.39, 0.29) is 23.5 Å². The minimum atomic E-state index is -0.262. The van der Waals surface area contributed by atoms with Crippen LogP contribution in [-0.2, 0) is 9.53 Å². The second-order valence-electron chi connectivity index (χ2n) is 8.15. The molecule has 1 saturated carbocycles. The van der Waals surface area contributed by atoms with Gasteiger partial charge in [-0.3, -0.25) is 9.59 Å². The summed E-state index contributed by atoms with van der Waals surface area (Å²) in [6.45, 7) is 3.73. The van der Waals surface area contributed by atoms with E-state index < -0.39 is 0 Å². The van der Waals surface area contributed by atoms with Crippen LogP contribution in [0.15, 0.2) is 16.5 Å². The van der Waals surface area contributed by atoms with Crippen molar-refractivity contribution in [2.45, 2.75) is 63.6 Å². The third-order valence-electron chi connectivity index (χ3n) is 5.83. The van der Waals surface area contributed by atoms with Crippen LogP contribution in [0, 0.1) is 12.8 Å². The van der Waals surface area contributed by atoms with E-state index in [4.69, 9.17) is 9.15 Å². The summed E-state index contributed by atoms with van der Waals surface area (Å²) in [5, 5.41) is 3.03. The Bertz CT molecular complexity index is 681. The minimum Gasteiger partial charge on any atom is -0.456 e. The number of likely N-dealkylation sites (tertiary alicyclic amines) is 1. The molecule has 6 nitrogen and oxygen atoms in total. The van der Waals surface area contributed by atoms with Gasteiger partial charge in [0.1, 0.15) is 5.76 Å². The highest BCUT2D eigenvalue weighted by Gasteiger charge is 2.45. The maximum absolute atomic E-state index is 12.6. The number of hydrogen-bond acceptors (Lipinski definition) is 4. The van der Waals surface area contributed by atoms with Crippen LogP contribution >= 0.6 is 0 Å². The van der Waals surface area contributed by atoms with Gasteiger partial charge in [0, 0.05) is 19.5 Å². The molecule has 0 bridgehead atoms. The van der Waals surface area contributed by atoms with Gasteiger partial charge in [-0.25, -0.2) is 0 Å². The van der Waals surface area contributed by atoms with Crippen LogP contribution in [-0.4, -0.2) is 48.1 Å².